The molecule has 5 heteroatoms. The van der Waals surface area contributed by atoms with Gasteiger partial charge in [0, 0.05) is 19.1 Å². The first-order valence-electron chi connectivity index (χ1n) is 7.69. The Morgan fingerprint density at radius 1 is 1.13 bits per heavy atom. The quantitative estimate of drug-likeness (QED) is 0.487. The van der Waals surface area contributed by atoms with Crippen molar-refractivity contribution in [2.24, 2.45) is 10.9 Å². The Morgan fingerprint density at radius 3 is 2.22 bits per heavy atom. The summed E-state index contributed by atoms with van der Waals surface area (Å²) >= 11 is 0. The Labute approximate surface area is 135 Å². The Morgan fingerprint density at radius 2 is 1.70 bits per heavy atom. The maximum atomic E-state index is 11.9. The molecule has 0 heterocycles. The van der Waals surface area contributed by atoms with Crippen molar-refractivity contribution >= 4 is 29.4 Å². The fraction of sp³-hybridized carbons (Fsp3) is 0.444. The monoisotopic (exact) mass is 315 g/mol. The number of rotatable bonds is 3. The van der Waals surface area contributed by atoms with E-state index in [2.05, 4.69) is 4.99 Å². The molecule has 0 aromatic heterocycles. The zero-order valence-corrected chi connectivity index (χ0v) is 13.7. The van der Waals surface area contributed by atoms with Gasteiger partial charge in [-0.05, 0) is 51.5 Å². The number of benzene rings is 1. The summed E-state index contributed by atoms with van der Waals surface area (Å²) in [5.74, 6) is -1.27. The van der Waals surface area contributed by atoms with Gasteiger partial charge < -0.3 is 4.74 Å². The van der Waals surface area contributed by atoms with Crippen LogP contribution in [0.4, 0.5) is 5.69 Å². The van der Waals surface area contributed by atoms with Crippen molar-refractivity contribution < 1.29 is 19.1 Å². The summed E-state index contributed by atoms with van der Waals surface area (Å²) in [5.41, 5.74) is 0.475. The zero-order chi connectivity index (χ0) is 17.0. The van der Waals surface area contributed by atoms with E-state index in [4.69, 9.17) is 4.74 Å². The number of hydrogen-bond acceptors (Lipinski definition) is 5. The van der Waals surface area contributed by atoms with Gasteiger partial charge in [0.2, 0.25) is 0 Å². The molecule has 0 aliphatic heterocycles. The van der Waals surface area contributed by atoms with Gasteiger partial charge in [0.05, 0.1) is 11.3 Å². The largest absolute Gasteiger partial charge is 0.456 e. The van der Waals surface area contributed by atoms with Gasteiger partial charge in [0.25, 0.3) is 0 Å². The van der Waals surface area contributed by atoms with Crippen LogP contribution in [0.2, 0.25) is 0 Å². The fourth-order valence-corrected chi connectivity index (χ4v) is 2.27. The van der Waals surface area contributed by atoms with Crippen molar-refractivity contribution in [3.05, 3.63) is 29.8 Å². The van der Waals surface area contributed by atoms with Crippen molar-refractivity contribution in [2.75, 3.05) is 0 Å². The van der Waals surface area contributed by atoms with Gasteiger partial charge in [0.1, 0.15) is 23.1 Å². The second-order valence-electron chi connectivity index (χ2n) is 6.59. The number of ketones is 2. The second kappa shape index (κ2) is 6.86. The van der Waals surface area contributed by atoms with E-state index in [1.54, 1.807) is 24.3 Å². The van der Waals surface area contributed by atoms with Crippen LogP contribution >= 0.6 is 0 Å². The fourth-order valence-electron chi connectivity index (χ4n) is 2.27. The topological polar surface area (TPSA) is 72.8 Å². The lowest BCUT2D eigenvalue weighted by molar-refractivity contribution is -0.132. The van der Waals surface area contributed by atoms with E-state index in [1.165, 1.54) is 6.21 Å². The van der Waals surface area contributed by atoms with Gasteiger partial charge in [-0.1, -0.05) is 0 Å². The van der Waals surface area contributed by atoms with Crippen LogP contribution in [0, 0.1) is 5.92 Å². The number of aliphatic imine (C=N–C) groups is 1. The predicted octanol–water partition coefficient (Wildman–Crippen LogP) is 3.28. The molecule has 0 bridgehead atoms. The molecule has 122 valence electrons. The van der Waals surface area contributed by atoms with Gasteiger partial charge in [-0.15, -0.1) is 0 Å². The highest BCUT2D eigenvalue weighted by Gasteiger charge is 2.28. The minimum Gasteiger partial charge on any atom is -0.456 e. The maximum Gasteiger partial charge on any atom is 0.338 e. The van der Waals surface area contributed by atoms with Gasteiger partial charge in [-0.2, -0.15) is 0 Å². The molecule has 0 amide bonds. The van der Waals surface area contributed by atoms with Crippen molar-refractivity contribution in [3.8, 4) is 0 Å². The van der Waals surface area contributed by atoms with Crippen LogP contribution in [-0.2, 0) is 14.3 Å². The molecule has 0 unspecified atom stereocenters. The molecule has 1 aromatic rings. The number of esters is 1. The molecule has 0 N–H and O–H groups in total. The van der Waals surface area contributed by atoms with Crippen LogP contribution in [0.3, 0.4) is 0 Å². The minimum absolute atomic E-state index is 0.0737. The first kappa shape index (κ1) is 17.1. The van der Waals surface area contributed by atoms with E-state index in [0.29, 0.717) is 30.5 Å². The van der Waals surface area contributed by atoms with E-state index < -0.39 is 17.5 Å². The predicted molar refractivity (Wildman–Crippen MR) is 87.1 cm³/mol. The lowest BCUT2D eigenvalue weighted by Crippen LogP contribution is -2.29. The lowest BCUT2D eigenvalue weighted by Gasteiger charge is -2.19. The molecule has 0 atom stereocenters. The van der Waals surface area contributed by atoms with Gasteiger partial charge >= 0.3 is 5.97 Å². The highest BCUT2D eigenvalue weighted by atomic mass is 16.6. The summed E-state index contributed by atoms with van der Waals surface area (Å²) in [4.78, 5) is 39.6. The number of nitrogens with zero attached hydrogens (tertiary/aromatic N) is 1. The summed E-state index contributed by atoms with van der Waals surface area (Å²) in [5, 5.41) is 0. The Balaban J connectivity index is 2.05. The summed E-state index contributed by atoms with van der Waals surface area (Å²) in [7, 11) is 0. The van der Waals surface area contributed by atoms with Crippen LogP contribution in [0.1, 0.15) is 50.4 Å². The molecule has 0 saturated heterocycles. The summed E-state index contributed by atoms with van der Waals surface area (Å²) in [6.07, 6.45) is 2.90. The molecule has 1 aromatic carbocycles. The summed E-state index contributed by atoms with van der Waals surface area (Å²) in [6.45, 7) is 5.42. The molecule has 2 rings (SSSR count). The van der Waals surface area contributed by atoms with Crippen LogP contribution in [0.15, 0.2) is 29.3 Å². The third kappa shape index (κ3) is 4.84. The highest BCUT2D eigenvalue weighted by Crippen LogP contribution is 2.19. The van der Waals surface area contributed by atoms with Crippen LogP contribution in [0.5, 0.6) is 0 Å². The first-order valence-corrected chi connectivity index (χ1v) is 7.69. The Hall–Kier alpha value is -2.30. The lowest BCUT2D eigenvalue weighted by atomic mass is 9.87. The molecular weight excluding hydrogens is 294 g/mol. The number of ether oxygens (including phenoxy) is 1. The smallest absolute Gasteiger partial charge is 0.338 e. The minimum atomic E-state index is -0.728. The van der Waals surface area contributed by atoms with E-state index >= 15 is 0 Å². The highest BCUT2D eigenvalue weighted by molar-refractivity contribution is 6.16. The van der Waals surface area contributed by atoms with Crippen LogP contribution in [-0.4, -0.2) is 29.4 Å². The van der Waals surface area contributed by atoms with Gasteiger partial charge in [-0.3, -0.25) is 14.6 Å². The van der Waals surface area contributed by atoms with E-state index in [1.807, 2.05) is 20.8 Å². The van der Waals surface area contributed by atoms with Crippen molar-refractivity contribution in [1.29, 1.82) is 0 Å². The molecule has 0 radical (unpaired) electrons. The average molecular weight is 315 g/mol. The van der Waals surface area contributed by atoms with Gasteiger partial charge in [0.15, 0.2) is 0 Å². The van der Waals surface area contributed by atoms with Crippen LogP contribution < -0.4 is 0 Å². The Kier molecular flexibility index (Phi) is 5.08. The van der Waals surface area contributed by atoms with E-state index in [0.717, 1.165) is 0 Å². The van der Waals surface area contributed by atoms with E-state index in [-0.39, 0.29) is 11.6 Å². The molecule has 1 fully saturated rings. The standard InChI is InChI=1S/C18H21NO4/c1-18(2,3)23-17(22)12-7-9-13(10-8-12)19-11-14-15(20)5-4-6-16(14)21/h7-11,14H,4-6H2,1-3H3. The number of hydrogen-bond donors (Lipinski definition) is 0. The van der Waals surface area contributed by atoms with Crippen molar-refractivity contribution in [2.45, 2.75) is 45.6 Å². The molecular formula is C18H21NO4. The number of carbonyl (C=O) groups is 3. The van der Waals surface area contributed by atoms with Crippen molar-refractivity contribution in [1.82, 2.24) is 0 Å². The molecule has 23 heavy (non-hydrogen) atoms. The third-order valence-electron chi connectivity index (χ3n) is 3.41. The van der Waals surface area contributed by atoms with E-state index in [9.17, 15) is 14.4 Å². The number of carbonyl (C=O) groups excluding carboxylic acids is 3. The maximum absolute atomic E-state index is 11.9. The SMILES string of the molecule is CC(C)(C)OC(=O)c1ccc(N=CC2C(=O)CCCC2=O)cc1. The van der Waals surface area contributed by atoms with Crippen molar-refractivity contribution in [3.63, 3.8) is 0 Å². The molecule has 1 aliphatic rings. The number of Topliss-reactive ketones (excluding diaryl/α,β-unsaturated/α-hetero) is 2. The molecule has 1 aliphatic carbocycles. The third-order valence-corrected chi connectivity index (χ3v) is 3.41. The molecule has 1 saturated carbocycles. The summed E-state index contributed by atoms with van der Waals surface area (Å²) in [6, 6.07) is 6.55. The Bertz CT molecular complexity index is 622. The second-order valence-corrected chi connectivity index (χ2v) is 6.59. The normalized spacial score (nSPS) is 16.8. The van der Waals surface area contributed by atoms with Crippen LogP contribution in [0.25, 0.3) is 0 Å². The average Bonchev–Trinajstić information content (AvgIpc) is 2.45. The van der Waals surface area contributed by atoms with Gasteiger partial charge in [-0.25, -0.2) is 4.79 Å². The first-order chi connectivity index (χ1) is 10.8. The molecule has 5 nitrogen and oxygen atoms in total. The zero-order valence-electron chi connectivity index (χ0n) is 13.7. The molecule has 0 spiro atoms. The summed E-state index contributed by atoms with van der Waals surface area (Å²) < 4.78 is 5.28.